The highest BCUT2D eigenvalue weighted by molar-refractivity contribution is 5.80. The minimum Gasteiger partial charge on any atom is -0.347 e. The van der Waals surface area contributed by atoms with Crippen molar-refractivity contribution < 1.29 is 0 Å². The third kappa shape index (κ3) is 4.10. The van der Waals surface area contributed by atoms with Crippen LogP contribution in [0.1, 0.15) is 57.4 Å². The van der Waals surface area contributed by atoms with Gasteiger partial charge >= 0.3 is 0 Å². The van der Waals surface area contributed by atoms with Crippen molar-refractivity contribution in [2.45, 2.75) is 71.0 Å². The summed E-state index contributed by atoms with van der Waals surface area (Å²) in [5.74, 6) is 0. The van der Waals surface area contributed by atoms with Gasteiger partial charge in [0.15, 0.2) is 0 Å². The summed E-state index contributed by atoms with van der Waals surface area (Å²) in [6.45, 7) is 4.45. The molecule has 0 spiro atoms. The monoisotopic (exact) mass is 284 g/mol. The van der Waals surface area contributed by atoms with Crippen molar-refractivity contribution >= 4 is 10.9 Å². The second-order valence-electron chi connectivity index (χ2n) is 6.47. The largest absolute Gasteiger partial charge is 0.347 e. The van der Waals surface area contributed by atoms with E-state index in [4.69, 9.17) is 0 Å². The molecule has 2 nitrogen and oxygen atoms in total. The van der Waals surface area contributed by atoms with E-state index in [1.54, 1.807) is 0 Å². The highest BCUT2D eigenvalue weighted by atomic mass is 15.0. The fourth-order valence-corrected chi connectivity index (χ4v) is 2.97. The maximum atomic E-state index is 3.61. The molecule has 1 aliphatic rings. The summed E-state index contributed by atoms with van der Waals surface area (Å²) in [6, 6.07) is 9.94. The van der Waals surface area contributed by atoms with Crippen LogP contribution in [0.3, 0.4) is 0 Å². The van der Waals surface area contributed by atoms with Gasteiger partial charge in [0.1, 0.15) is 0 Å². The molecule has 1 aromatic carbocycles. The number of hydrogen-bond acceptors (Lipinski definition) is 1. The van der Waals surface area contributed by atoms with E-state index in [2.05, 4.69) is 47.3 Å². The zero-order valence-electron chi connectivity index (χ0n) is 13.3. The summed E-state index contributed by atoms with van der Waals surface area (Å²) in [5, 5.41) is 4.98. The standard InChI is InChI=1S/C19H28N2/c1-2-3-4-5-6-12-21-13-11-17-8-7-16(14-19(17)21)15-20-18-9-10-18/h7-8,11,13-14,18,20H,2-6,9-10,12,15H2,1H3. The number of hydrogen-bond donors (Lipinski definition) is 1. The van der Waals surface area contributed by atoms with Crippen molar-refractivity contribution in [3.8, 4) is 0 Å². The molecule has 1 aliphatic carbocycles. The summed E-state index contributed by atoms with van der Waals surface area (Å²) in [7, 11) is 0. The van der Waals surface area contributed by atoms with Crippen LogP contribution in [0.15, 0.2) is 30.5 Å². The van der Waals surface area contributed by atoms with Crippen LogP contribution in [0.2, 0.25) is 0 Å². The minimum atomic E-state index is 0.783. The van der Waals surface area contributed by atoms with Gasteiger partial charge in [0.05, 0.1) is 0 Å². The summed E-state index contributed by atoms with van der Waals surface area (Å²) in [6.07, 6.45) is 11.7. The molecule has 1 fully saturated rings. The molecule has 114 valence electrons. The van der Waals surface area contributed by atoms with E-state index in [0.29, 0.717) is 0 Å². The Morgan fingerprint density at radius 2 is 1.95 bits per heavy atom. The van der Waals surface area contributed by atoms with Gasteiger partial charge in [0.2, 0.25) is 0 Å². The predicted molar refractivity (Wildman–Crippen MR) is 90.6 cm³/mol. The van der Waals surface area contributed by atoms with Crippen LogP contribution >= 0.6 is 0 Å². The zero-order chi connectivity index (χ0) is 14.5. The number of aromatic nitrogens is 1. The normalized spacial score (nSPS) is 14.9. The Bertz CT molecular complexity index is 566. The smallest absolute Gasteiger partial charge is 0.0483 e. The fraction of sp³-hybridized carbons (Fsp3) is 0.579. The van der Waals surface area contributed by atoms with E-state index >= 15 is 0 Å². The fourth-order valence-electron chi connectivity index (χ4n) is 2.97. The molecule has 2 heteroatoms. The average Bonchev–Trinajstić information content (AvgIpc) is 3.25. The number of rotatable bonds is 9. The summed E-state index contributed by atoms with van der Waals surface area (Å²) in [4.78, 5) is 0. The number of aryl methyl sites for hydroxylation is 1. The average molecular weight is 284 g/mol. The first-order chi connectivity index (χ1) is 10.4. The lowest BCUT2D eigenvalue weighted by Crippen LogP contribution is -2.15. The number of nitrogens with one attached hydrogen (secondary N) is 1. The molecule has 2 aromatic rings. The molecule has 1 N–H and O–H groups in total. The van der Waals surface area contributed by atoms with Gasteiger partial charge in [-0.15, -0.1) is 0 Å². The molecule has 1 saturated carbocycles. The topological polar surface area (TPSA) is 17.0 Å². The molecule has 0 unspecified atom stereocenters. The molecule has 0 saturated heterocycles. The summed E-state index contributed by atoms with van der Waals surface area (Å²) < 4.78 is 2.43. The Morgan fingerprint density at radius 1 is 1.10 bits per heavy atom. The van der Waals surface area contributed by atoms with E-state index in [0.717, 1.165) is 19.1 Å². The number of unbranched alkanes of at least 4 members (excludes halogenated alkanes) is 4. The summed E-state index contributed by atoms with van der Waals surface area (Å²) >= 11 is 0. The SMILES string of the molecule is CCCCCCCn1ccc2ccc(CNC3CC3)cc21. The van der Waals surface area contributed by atoms with Gasteiger partial charge in [-0.2, -0.15) is 0 Å². The van der Waals surface area contributed by atoms with Gasteiger partial charge in [0.25, 0.3) is 0 Å². The zero-order valence-corrected chi connectivity index (χ0v) is 13.3. The quantitative estimate of drug-likeness (QED) is 0.650. The van der Waals surface area contributed by atoms with Crippen molar-refractivity contribution in [2.75, 3.05) is 0 Å². The van der Waals surface area contributed by atoms with Crippen molar-refractivity contribution in [1.29, 1.82) is 0 Å². The summed E-state index contributed by atoms with van der Waals surface area (Å²) in [5.41, 5.74) is 2.82. The second-order valence-corrected chi connectivity index (χ2v) is 6.47. The van der Waals surface area contributed by atoms with E-state index < -0.39 is 0 Å². The molecular formula is C19H28N2. The third-order valence-corrected chi connectivity index (χ3v) is 4.51. The Labute approximate surface area is 128 Å². The van der Waals surface area contributed by atoms with Gasteiger partial charge < -0.3 is 9.88 Å². The first-order valence-corrected chi connectivity index (χ1v) is 8.68. The van der Waals surface area contributed by atoms with E-state index in [1.807, 2.05) is 0 Å². The molecule has 1 aromatic heterocycles. The lowest BCUT2D eigenvalue weighted by Gasteiger charge is -2.08. The highest BCUT2D eigenvalue weighted by Crippen LogP contribution is 2.21. The molecule has 0 aliphatic heterocycles. The van der Waals surface area contributed by atoms with Gasteiger partial charge in [0, 0.05) is 30.8 Å². The maximum Gasteiger partial charge on any atom is 0.0483 e. The molecule has 0 amide bonds. The third-order valence-electron chi connectivity index (χ3n) is 4.51. The Kier molecular flexibility index (Phi) is 4.97. The first-order valence-electron chi connectivity index (χ1n) is 8.68. The molecule has 0 bridgehead atoms. The molecule has 0 atom stereocenters. The van der Waals surface area contributed by atoms with Crippen LogP contribution in [0, 0.1) is 0 Å². The van der Waals surface area contributed by atoms with Gasteiger partial charge in [-0.1, -0.05) is 44.7 Å². The predicted octanol–water partition coefficient (Wildman–Crippen LogP) is 4.86. The maximum absolute atomic E-state index is 3.61. The van der Waals surface area contributed by atoms with Crippen molar-refractivity contribution in [2.24, 2.45) is 0 Å². The van der Waals surface area contributed by atoms with Gasteiger partial charge in [-0.25, -0.2) is 0 Å². The lowest BCUT2D eigenvalue weighted by molar-refractivity contribution is 0.577. The van der Waals surface area contributed by atoms with Crippen LogP contribution in [-0.4, -0.2) is 10.6 Å². The Hall–Kier alpha value is -1.28. The number of nitrogens with zero attached hydrogens (tertiary/aromatic N) is 1. The van der Waals surface area contributed by atoms with Crippen molar-refractivity contribution in [3.05, 3.63) is 36.0 Å². The molecule has 21 heavy (non-hydrogen) atoms. The Morgan fingerprint density at radius 3 is 2.76 bits per heavy atom. The molecular weight excluding hydrogens is 256 g/mol. The van der Waals surface area contributed by atoms with E-state index in [1.165, 1.54) is 61.4 Å². The van der Waals surface area contributed by atoms with Crippen molar-refractivity contribution in [3.63, 3.8) is 0 Å². The van der Waals surface area contributed by atoms with E-state index in [-0.39, 0.29) is 0 Å². The van der Waals surface area contributed by atoms with Crippen LogP contribution < -0.4 is 5.32 Å². The lowest BCUT2D eigenvalue weighted by atomic mass is 10.1. The molecule has 3 rings (SSSR count). The second kappa shape index (κ2) is 7.13. The Balaban J connectivity index is 1.59. The van der Waals surface area contributed by atoms with Crippen LogP contribution in [0.4, 0.5) is 0 Å². The minimum absolute atomic E-state index is 0.783. The number of fused-ring (bicyclic) bond motifs is 1. The van der Waals surface area contributed by atoms with E-state index in [9.17, 15) is 0 Å². The highest BCUT2D eigenvalue weighted by Gasteiger charge is 2.19. The van der Waals surface area contributed by atoms with Crippen LogP contribution in [0.25, 0.3) is 10.9 Å². The first kappa shape index (κ1) is 14.6. The molecule has 1 heterocycles. The number of benzene rings is 1. The van der Waals surface area contributed by atoms with Crippen molar-refractivity contribution in [1.82, 2.24) is 9.88 Å². The van der Waals surface area contributed by atoms with Crippen LogP contribution in [-0.2, 0) is 13.1 Å². The van der Waals surface area contributed by atoms with Gasteiger partial charge in [-0.3, -0.25) is 0 Å². The van der Waals surface area contributed by atoms with Gasteiger partial charge in [-0.05, 0) is 42.3 Å². The molecule has 0 radical (unpaired) electrons. The van der Waals surface area contributed by atoms with Crippen LogP contribution in [0.5, 0.6) is 0 Å².